The Hall–Kier alpha value is -2.04. The largest absolute Gasteiger partial charge is 0.488 e. The van der Waals surface area contributed by atoms with Gasteiger partial charge in [-0.25, -0.2) is 0 Å². The van der Waals surface area contributed by atoms with E-state index in [1.54, 1.807) is 0 Å². The molecule has 0 radical (unpaired) electrons. The number of benzene rings is 2. The van der Waals surface area contributed by atoms with E-state index >= 15 is 0 Å². The molecule has 5 heteroatoms. The van der Waals surface area contributed by atoms with Crippen LogP contribution in [0.25, 0.3) is 0 Å². The first-order chi connectivity index (χ1) is 12.1. The van der Waals surface area contributed by atoms with Crippen molar-refractivity contribution in [1.29, 1.82) is 0 Å². The van der Waals surface area contributed by atoms with Gasteiger partial charge in [-0.15, -0.1) is 0 Å². The predicted octanol–water partition coefficient (Wildman–Crippen LogP) is 2.25. The molecular weight excluding hydrogens is 336 g/mol. The Bertz CT molecular complexity index is 687. The van der Waals surface area contributed by atoms with Gasteiger partial charge in [-0.05, 0) is 37.1 Å². The molecule has 0 heterocycles. The van der Waals surface area contributed by atoms with Crippen LogP contribution in [-0.4, -0.2) is 32.1 Å². The highest BCUT2D eigenvalue weighted by Crippen LogP contribution is 2.20. The molecular formula is C20H24ClN2O2+. The number of quaternary nitrogens is 1. The molecule has 25 heavy (non-hydrogen) atoms. The van der Waals surface area contributed by atoms with Crippen molar-refractivity contribution in [3.63, 3.8) is 0 Å². The standard InChI is InChI=1S/C20H23ClN2O2/c1-23(13-14-25-18-11-7-16(21)8-12-18)19(15-5-3-2-4-6-15)20(24)22-17-9-10-17/h2-8,11-12,17,19H,9-10,13-14H2,1H3,(H,22,24)/p+1/t19-/m0/s1. The number of halogens is 1. The van der Waals surface area contributed by atoms with Gasteiger partial charge in [0.05, 0.1) is 7.05 Å². The van der Waals surface area contributed by atoms with Crippen LogP contribution in [0.4, 0.5) is 0 Å². The van der Waals surface area contributed by atoms with Crippen LogP contribution in [0.5, 0.6) is 5.75 Å². The van der Waals surface area contributed by atoms with E-state index in [0.29, 0.717) is 17.7 Å². The van der Waals surface area contributed by atoms with Gasteiger partial charge in [-0.3, -0.25) is 4.79 Å². The van der Waals surface area contributed by atoms with Crippen LogP contribution in [0.2, 0.25) is 5.02 Å². The highest BCUT2D eigenvalue weighted by molar-refractivity contribution is 6.30. The summed E-state index contributed by atoms with van der Waals surface area (Å²) in [5.41, 5.74) is 1.03. The maximum absolute atomic E-state index is 12.7. The van der Waals surface area contributed by atoms with Crippen LogP contribution in [0.1, 0.15) is 24.4 Å². The van der Waals surface area contributed by atoms with E-state index < -0.39 is 0 Å². The summed E-state index contributed by atoms with van der Waals surface area (Å²) in [7, 11) is 2.04. The predicted molar refractivity (Wildman–Crippen MR) is 99.0 cm³/mol. The molecule has 132 valence electrons. The maximum Gasteiger partial charge on any atom is 0.283 e. The van der Waals surface area contributed by atoms with Crippen molar-refractivity contribution in [3.05, 3.63) is 65.2 Å². The molecule has 1 amide bonds. The zero-order valence-corrected chi connectivity index (χ0v) is 15.1. The van der Waals surface area contributed by atoms with Crippen LogP contribution in [-0.2, 0) is 4.79 Å². The van der Waals surface area contributed by atoms with Crippen LogP contribution in [0, 0.1) is 0 Å². The first-order valence-electron chi connectivity index (χ1n) is 8.69. The second kappa shape index (κ2) is 8.37. The summed E-state index contributed by atoms with van der Waals surface area (Å²) in [5, 5.41) is 3.82. The molecule has 4 nitrogen and oxygen atoms in total. The van der Waals surface area contributed by atoms with E-state index in [1.807, 2.05) is 61.6 Å². The van der Waals surface area contributed by atoms with Crippen molar-refractivity contribution in [3.8, 4) is 5.75 Å². The minimum atomic E-state index is -0.226. The quantitative estimate of drug-likeness (QED) is 0.759. The SMILES string of the molecule is C[NH+](CCOc1ccc(Cl)cc1)[C@H](C(=O)NC1CC1)c1ccccc1. The molecule has 0 aliphatic heterocycles. The number of carbonyl (C=O) groups excluding carboxylic acids is 1. The van der Waals surface area contributed by atoms with E-state index in [0.717, 1.165) is 35.6 Å². The average molecular weight is 360 g/mol. The number of rotatable bonds is 8. The molecule has 3 rings (SSSR count). The van der Waals surface area contributed by atoms with Crippen LogP contribution >= 0.6 is 11.6 Å². The lowest BCUT2D eigenvalue weighted by Gasteiger charge is -2.24. The topological polar surface area (TPSA) is 42.8 Å². The van der Waals surface area contributed by atoms with Gasteiger partial charge in [0.1, 0.15) is 18.9 Å². The van der Waals surface area contributed by atoms with Gasteiger partial charge >= 0.3 is 0 Å². The summed E-state index contributed by atoms with van der Waals surface area (Å²) in [6.45, 7) is 1.26. The molecule has 0 bridgehead atoms. The van der Waals surface area contributed by atoms with E-state index in [4.69, 9.17) is 16.3 Å². The molecule has 1 aliphatic carbocycles. The summed E-state index contributed by atoms with van der Waals surface area (Å²) in [6, 6.07) is 17.4. The first kappa shape index (κ1) is 17.8. The summed E-state index contributed by atoms with van der Waals surface area (Å²) < 4.78 is 5.78. The molecule has 1 saturated carbocycles. The highest BCUT2D eigenvalue weighted by atomic mass is 35.5. The number of carbonyl (C=O) groups is 1. The van der Waals surface area contributed by atoms with E-state index in [-0.39, 0.29) is 11.9 Å². The third kappa shape index (κ3) is 5.21. The second-order valence-corrected chi connectivity index (χ2v) is 6.96. The fourth-order valence-corrected chi connectivity index (χ4v) is 2.95. The second-order valence-electron chi connectivity index (χ2n) is 6.53. The Balaban J connectivity index is 1.60. The van der Waals surface area contributed by atoms with Crippen molar-refractivity contribution >= 4 is 17.5 Å². The third-order valence-electron chi connectivity index (χ3n) is 4.39. The minimum absolute atomic E-state index is 0.0951. The Kier molecular flexibility index (Phi) is 5.95. The number of nitrogens with one attached hydrogen (secondary N) is 2. The number of ether oxygens (including phenoxy) is 1. The zero-order chi connectivity index (χ0) is 17.6. The van der Waals surface area contributed by atoms with Crippen molar-refractivity contribution in [2.45, 2.75) is 24.9 Å². The fourth-order valence-electron chi connectivity index (χ4n) is 2.82. The third-order valence-corrected chi connectivity index (χ3v) is 4.64. The maximum atomic E-state index is 12.7. The molecule has 0 spiro atoms. The Labute approximate surface area is 153 Å². The monoisotopic (exact) mass is 359 g/mol. The van der Waals surface area contributed by atoms with Crippen molar-refractivity contribution in [2.75, 3.05) is 20.2 Å². The summed E-state index contributed by atoms with van der Waals surface area (Å²) in [5.74, 6) is 0.883. The van der Waals surface area contributed by atoms with Crippen LogP contribution in [0.15, 0.2) is 54.6 Å². The normalized spacial score (nSPS) is 16.1. The van der Waals surface area contributed by atoms with Gasteiger partial charge in [0.15, 0.2) is 6.04 Å². The minimum Gasteiger partial charge on any atom is -0.488 e. The van der Waals surface area contributed by atoms with Crippen molar-refractivity contribution in [2.24, 2.45) is 0 Å². The molecule has 2 aromatic rings. The highest BCUT2D eigenvalue weighted by Gasteiger charge is 2.33. The van der Waals surface area contributed by atoms with E-state index in [9.17, 15) is 4.79 Å². The lowest BCUT2D eigenvalue weighted by atomic mass is 10.0. The molecule has 2 aromatic carbocycles. The van der Waals surface area contributed by atoms with Gasteiger partial charge < -0.3 is 15.0 Å². The molecule has 0 saturated heterocycles. The lowest BCUT2D eigenvalue weighted by molar-refractivity contribution is -0.902. The Morgan fingerprint density at radius 3 is 2.52 bits per heavy atom. The molecule has 2 atom stereocenters. The average Bonchev–Trinajstić information content (AvgIpc) is 3.42. The lowest BCUT2D eigenvalue weighted by Crippen LogP contribution is -3.11. The molecule has 2 N–H and O–H groups in total. The molecule has 1 fully saturated rings. The fraction of sp³-hybridized carbons (Fsp3) is 0.350. The van der Waals surface area contributed by atoms with Crippen molar-refractivity contribution < 1.29 is 14.4 Å². The Morgan fingerprint density at radius 1 is 1.20 bits per heavy atom. The van der Waals surface area contributed by atoms with Crippen molar-refractivity contribution in [1.82, 2.24) is 5.32 Å². The van der Waals surface area contributed by atoms with E-state index in [1.165, 1.54) is 0 Å². The number of likely N-dealkylation sites (N-methyl/N-ethyl adjacent to an activating group) is 1. The Morgan fingerprint density at radius 2 is 1.88 bits per heavy atom. The summed E-state index contributed by atoms with van der Waals surface area (Å²) in [6.07, 6.45) is 2.18. The van der Waals surface area contributed by atoms with E-state index in [2.05, 4.69) is 5.32 Å². The first-order valence-corrected chi connectivity index (χ1v) is 9.07. The summed E-state index contributed by atoms with van der Waals surface area (Å²) >= 11 is 5.88. The number of hydrogen-bond acceptors (Lipinski definition) is 2. The molecule has 1 unspecified atom stereocenters. The van der Waals surface area contributed by atoms with Crippen LogP contribution < -0.4 is 15.0 Å². The van der Waals surface area contributed by atoms with Gasteiger partial charge in [0.2, 0.25) is 0 Å². The number of hydrogen-bond donors (Lipinski definition) is 2. The smallest absolute Gasteiger partial charge is 0.283 e. The van der Waals surface area contributed by atoms with Gasteiger partial charge in [-0.2, -0.15) is 0 Å². The number of amides is 1. The molecule has 1 aliphatic rings. The van der Waals surface area contributed by atoms with Crippen LogP contribution in [0.3, 0.4) is 0 Å². The van der Waals surface area contributed by atoms with Gasteiger partial charge in [-0.1, -0.05) is 41.9 Å². The molecule has 0 aromatic heterocycles. The van der Waals surface area contributed by atoms with Gasteiger partial charge in [0.25, 0.3) is 5.91 Å². The van der Waals surface area contributed by atoms with Gasteiger partial charge in [0, 0.05) is 16.6 Å². The zero-order valence-electron chi connectivity index (χ0n) is 14.4. The summed E-state index contributed by atoms with van der Waals surface area (Å²) in [4.78, 5) is 13.8.